The van der Waals surface area contributed by atoms with Gasteiger partial charge in [-0.2, -0.15) is 0 Å². The summed E-state index contributed by atoms with van der Waals surface area (Å²) in [5.41, 5.74) is 0. The van der Waals surface area contributed by atoms with E-state index < -0.39 is 10.4 Å². The molecule has 0 spiro atoms. The molecule has 9 heteroatoms. The van der Waals surface area contributed by atoms with Crippen molar-refractivity contribution in [1.82, 2.24) is 0 Å². The van der Waals surface area contributed by atoms with Gasteiger partial charge in [0.15, 0.2) is 0 Å². The van der Waals surface area contributed by atoms with E-state index >= 15 is 0 Å². The average Bonchev–Trinajstić information content (AvgIpc) is 2.86. The van der Waals surface area contributed by atoms with Crippen LogP contribution in [-0.2, 0) is 19.3 Å². The fourth-order valence-electron chi connectivity index (χ4n) is 1.28. The summed E-state index contributed by atoms with van der Waals surface area (Å²) in [5, 5.41) is 15.2. The first-order valence-corrected chi connectivity index (χ1v) is 11.6. The number of aliphatic hydroxyl groups excluding tert-OH is 2. The molecule has 0 saturated heterocycles. The fraction of sp³-hybridized carbons (Fsp3) is 0.583. The summed E-state index contributed by atoms with van der Waals surface area (Å²) in [6.45, 7) is 39.5. The molecule has 0 aliphatic rings. The number of hydrogen-bond acceptors (Lipinski definition) is 7. The normalized spacial score (nSPS) is 8.45. The Bertz CT molecular complexity index is 341. The van der Waals surface area contributed by atoms with Crippen molar-refractivity contribution >= 4 is 10.4 Å². The fourth-order valence-corrected chi connectivity index (χ4v) is 1.64. The molecule has 33 heavy (non-hydrogen) atoms. The van der Waals surface area contributed by atoms with Crippen molar-refractivity contribution in [2.45, 2.75) is 53.4 Å². The van der Waals surface area contributed by atoms with Gasteiger partial charge in [0.05, 0.1) is 19.8 Å². The first-order chi connectivity index (χ1) is 15.3. The average molecular weight is 509 g/mol. The Morgan fingerprint density at radius 1 is 0.788 bits per heavy atom. The van der Waals surface area contributed by atoms with Gasteiger partial charge in [-0.15, -0.1) is 65.8 Å². The number of hydrogen-bond donors (Lipinski definition) is 2. The summed E-state index contributed by atoms with van der Waals surface area (Å²) in [6.07, 6.45) is 3.87. The Morgan fingerprint density at radius 3 is 1.27 bits per heavy atom. The predicted molar refractivity (Wildman–Crippen MR) is 142 cm³/mol. The van der Waals surface area contributed by atoms with Crippen LogP contribution in [-0.4, -0.2) is 56.2 Å². The molecule has 198 valence electrons. The van der Waals surface area contributed by atoms with Crippen molar-refractivity contribution in [2.75, 3.05) is 33.0 Å². The Hall–Kier alpha value is -0.550. The number of unbranched alkanes of at least 4 members (excludes halogenated alkanes) is 1. The molecular weight excluding hydrogens is 455 g/mol. The Kier molecular flexibility index (Phi) is 136. The Morgan fingerprint density at radius 2 is 1.12 bits per heavy atom. The molecule has 0 aliphatic carbocycles. The molecule has 0 amide bonds. The van der Waals surface area contributed by atoms with Crippen LogP contribution in [0.25, 0.3) is 0 Å². The van der Waals surface area contributed by atoms with Crippen molar-refractivity contribution in [1.29, 1.82) is 0 Å². The maximum Gasteiger partial charge on any atom is 1.00 e. The van der Waals surface area contributed by atoms with Crippen LogP contribution in [0.2, 0.25) is 0 Å². The third-order valence-electron chi connectivity index (χ3n) is 2.50. The maximum atomic E-state index is 10.1. The predicted octanol–water partition coefficient (Wildman–Crippen LogP) is 2.71. The third-order valence-corrected chi connectivity index (χ3v) is 2.92. The van der Waals surface area contributed by atoms with Gasteiger partial charge in [-0.05, 0) is 26.2 Å². The third kappa shape index (κ3) is 131. The summed E-state index contributed by atoms with van der Waals surface area (Å²) in [7, 11) is -4.50. The molecular formula is C24H53NaO7S. The van der Waals surface area contributed by atoms with E-state index in [2.05, 4.69) is 76.9 Å². The summed E-state index contributed by atoms with van der Waals surface area (Å²) in [6, 6.07) is 0. The van der Waals surface area contributed by atoms with Crippen LogP contribution in [0.3, 0.4) is 0 Å². The van der Waals surface area contributed by atoms with Gasteiger partial charge >= 0.3 is 29.6 Å². The molecule has 1 unspecified atom stereocenters. The zero-order chi connectivity index (χ0) is 27.9. The summed E-state index contributed by atoms with van der Waals surface area (Å²) in [5.74, 6) is 0.184. The zero-order valence-corrected chi connectivity index (χ0v) is 25.2. The van der Waals surface area contributed by atoms with Gasteiger partial charge in [0.25, 0.3) is 0 Å². The first kappa shape index (κ1) is 58.4. The summed E-state index contributed by atoms with van der Waals surface area (Å²) < 4.78 is 39.5. The SMILES string of the molecule is C=C.C=C.C=C.C=C.C=C.CCCCC(CC)COS(=O)(=O)[O-].CCOCC.OCCO.[Na+]. The molecule has 0 rings (SSSR count). The van der Waals surface area contributed by atoms with Crippen molar-refractivity contribution in [3.05, 3.63) is 65.8 Å². The minimum Gasteiger partial charge on any atom is -0.726 e. The van der Waals surface area contributed by atoms with Crippen molar-refractivity contribution in [2.24, 2.45) is 5.92 Å². The molecule has 0 saturated carbocycles. The largest absolute Gasteiger partial charge is 1.00 e. The standard InChI is InChI=1S/C8H18O4S.C4H10O.C2H6O2.5C2H4.Na/c1-3-5-6-8(4-2)7-12-13(9,10)11;1-3-5-4-2;3-1-2-4;5*1-2;/h8H,3-7H2,1-2H3,(H,9,10,11);3-4H2,1-2H3;3-4H,1-2H2;5*1-2H2;/q;;;;;;;;+1/p-1. The minimum atomic E-state index is -4.50. The Labute approximate surface area is 229 Å². The second kappa shape index (κ2) is 77.1. The number of ether oxygens (including phenoxy) is 1. The second-order valence-corrected chi connectivity index (χ2v) is 5.39. The van der Waals surface area contributed by atoms with Gasteiger partial charge in [0, 0.05) is 13.2 Å². The molecule has 0 aromatic heterocycles. The zero-order valence-electron chi connectivity index (χ0n) is 22.4. The molecule has 2 N–H and O–H groups in total. The molecule has 0 aromatic rings. The van der Waals surface area contributed by atoms with Gasteiger partial charge in [-0.1, -0.05) is 33.1 Å². The molecule has 0 aliphatic heterocycles. The number of rotatable bonds is 10. The van der Waals surface area contributed by atoms with Crippen molar-refractivity contribution in [3.8, 4) is 0 Å². The second-order valence-electron chi connectivity index (χ2n) is 4.34. The Balaban J connectivity index is -0.0000000345. The van der Waals surface area contributed by atoms with Crippen LogP contribution in [0.4, 0.5) is 0 Å². The molecule has 7 nitrogen and oxygen atoms in total. The van der Waals surface area contributed by atoms with Crippen LogP contribution in [0.5, 0.6) is 0 Å². The van der Waals surface area contributed by atoms with Gasteiger partial charge in [0.1, 0.15) is 0 Å². The summed E-state index contributed by atoms with van der Waals surface area (Å²) >= 11 is 0. The van der Waals surface area contributed by atoms with E-state index in [1.165, 1.54) is 0 Å². The summed E-state index contributed by atoms with van der Waals surface area (Å²) in [4.78, 5) is 0. The minimum absolute atomic E-state index is 0. The smallest absolute Gasteiger partial charge is 0.726 e. The van der Waals surface area contributed by atoms with E-state index in [1.807, 2.05) is 20.8 Å². The van der Waals surface area contributed by atoms with Crippen LogP contribution >= 0.6 is 0 Å². The molecule has 1 atom stereocenters. The van der Waals surface area contributed by atoms with Gasteiger partial charge in [0.2, 0.25) is 10.4 Å². The topological polar surface area (TPSA) is 116 Å². The first-order valence-electron chi connectivity index (χ1n) is 10.2. The van der Waals surface area contributed by atoms with Gasteiger partial charge < -0.3 is 19.5 Å². The van der Waals surface area contributed by atoms with E-state index in [4.69, 9.17) is 14.9 Å². The number of aliphatic hydroxyl groups is 2. The van der Waals surface area contributed by atoms with Crippen LogP contribution in [0.1, 0.15) is 53.4 Å². The molecule has 0 fully saturated rings. The molecule has 0 radical (unpaired) electrons. The maximum absolute atomic E-state index is 10.1. The van der Waals surface area contributed by atoms with E-state index in [9.17, 15) is 13.0 Å². The van der Waals surface area contributed by atoms with E-state index in [0.29, 0.717) is 0 Å². The van der Waals surface area contributed by atoms with Crippen molar-refractivity contribution in [3.63, 3.8) is 0 Å². The van der Waals surface area contributed by atoms with E-state index in [1.54, 1.807) is 0 Å². The van der Waals surface area contributed by atoms with Gasteiger partial charge in [-0.3, -0.25) is 4.18 Å². The van der Waals surface area contributed by atoms with Crippen LogP contribution in [0, 0.1) is 5.92 Å². The van der Waals surface area contributed by atoms with E-state index in [0.717, 1.165) is 38.9 Å². The quantitative estimate of drug-likeness (QED) is 0.202. The molecule has 0 aromatic carbocycles. The van der Waals surface area contributed by atoms with Crippen LogP contribution < -0.4 is 29.6 Å². The van der Waals surface area contributed by atoms with Gasteiger partial charge in [-0.25, -0.2) is 8.42 Å². The monoisotopic (exact) mass is 508 g/mol. The van der Waals surface area contributed by atoms with Crippen molar-refractivity contribution < 1.29 is 61.7 Å². The van der Waals surface area contributed by atoms with E-state index in [-0.39, 0.29) is 55.3 Å². The van der Waals surface area contributed by atoms with Crippen LogP contribution in [0.15, 0.2) is 65.8 Å². The molecule has 0 heterocycles. The molecule has 0 bridgehead atoms.